The molecule has 3 nitrogen and oxygen atoms in total. The third-order valence-corrected chi connectivity index (χ3v) is 4.61. The van der Waals surface area contributed by atoms with E-state index in [9.17, 15) is 4.79 Å². The number of hydrogen-bond donors (Lipinski definition) is 2. The molecular weight excluding hydrogens is 244 g/mol. The Labute approximate surface area is 113 Å². The van der Waals surface area contributed by atoms with Gasteiger partial charge in [-0.2, -0.15) is 0 Å². The van der Waals surface area contributed by atoms with Gasteiger partial charge < -0.3 is 11.1 Å². The maximum atomic E-state index is 10.9. The van der Waals surface area contributed by atoms with E-state index < -0.39 is 0 Å². The molecule has 1 aliphatic rings. The first-order valence-electron chi connectivity index (χ1n) is 6.83. The highest BCUT2D eigenvalue weighted by molar-refractivity contribution is 7.10. The molecule has 1 saturated carbocycles. The van der Waals surface area contributed by atoms with Crippen molar-refractivity contribution < 1.29 is 4.79 Å². The van der Waals surface area contributed by atoms with Crippen molar-refractivity contribution in [3.63, 3.8) is 0 Å². The average molecular weight is 266 g/mol. The minimum atomic E-state index is -0.335. The lowest BCUT2D eigenvalue weighted by Gasteiger charge is -2.08. The van der Waals surface area contributed by atoms with Gasteiger partial charge in [0.05, 0.1) is 5.56 Å². The summed E-state index contributed by atoms with van der Waals surface area (Å²) in [6.07, 6.45) is 8.37. The average Bonchev–Trinajstić information content (AvgIpc) is 2.98. The topological polar surface area (TPSA) is 55.1 Å². The number of nitrogens with one attached hydrogen (secondary N) is 1. The maximum Gasteiger partial charge on any atom is 0.249 e. The Balaban J connectivity index is 1.58. The van der Waals surface area contributed by atoms with E-state index in [0.717, 1.165) is 19.0 Å². The van der Waals surface area contributed by atoms with E-state index in [0.29, 0.717) is 5.56 Å². The van der Waals surface area contributed by atoms with Gasteiger partial charge >= 0.3 is 0 Å². The predicted molar refractivity (Wildman–Crippen MR) is 75.7 cm³/mol. The minimum absolute atomic E-state index is 0.335. The number of primary amides is 1. The third-order valence-electron chi connectivity index (χ3n) is 3.68. The van der Waals surface area contributed by atoms with E-state index in [1.165, 1.54) is 43.4 Å². The Morgan fingerprint density at radius 1 is 1.44 bits per heavy atom. The molecule has 0 spiro atoms. The zero-order valence-corrected chi connectivity index (χ0v) is 11.6. The van der Waals surface area contributed by atoms with Crippen molar-refractivity contribution in [3.05, 3.63) is 21.9 Å². The van der Waals surface area contributed by atoms with Crippen molar-refractivity contribution in [2.75, 3.05) is 6.54 Å². The van der Waals surface area contributed by atoms with Crippen LogP contribution in [0.5, 0.6) is 0 Å². The molecule has 0 aliphatic heterocycles. The molecule has 0 radical (unpaired) electrons. The van der Waals surface area contributed by atoms with E-state index >= 15 is 0 Å². The van der Waals surface area contributed by atoms with E-state index in [1.807, 2.05) is 11.4 Å². The van der Waals surface area contributed by atoms with Gasteiger partial charge in [-0.15, -0.1) is 11.3 Å². The first-order valence-corrected chi connectivity index (χ1v) is 7.71. The lowest BCUT2D eigenvalue weighted by molar-refractivity contribution is 0.100. The molecule has 0 aromatic carbocycles. The fourth-order valence-corrected chi connectivity index (χ4v) is 3.47. The number of carbonyl (C=O) groups is 1. The molecular formula is C14H22N2OS. The zero-order chi connectivity index (χ0) is 12.8. The highest BCUT2D eigenvalue weighted by Gasteiger charge is 2.13. The number of nitrogens with two attached hydrogens (primary N) is 1. The van der Waals surface area contributed by atoms with Crippen LogP contribution < -0.4 is 11.1 Å². The van der Waals surface area contributed by atoms with Gasteiger partial charge in [-0.25, -0.2) is 0 Å². The Morgan fingerprint density at radius 2 is 2.22 bits per heavy atom. The van der Waals surface area contributed by atoms with Crippen LogP contribution in [0.25, 0.3) is 0 Å². The molecule has 18 heavy (non-hydrogen) atoms. The quantitative estimate of drug-likeness (QED) is 0.746. The second-order valence-corrected chi connectivity index (χ2v) is 6.13. The van der Waals surface area contributed by atoms with Crippen LogP contribution in [-0.4, -0.2) is 12.5 Å². The molecule has 1 amide bonds. The van der Waals surface area contributed by atoms with E-state index in [-0.39, 0.29) is 5.91 Å². The van der Waals surface area contributed by atoms with Crippen LogP contribution in [-0.2, 0) is 6.54 Å². The molecule has 0 atom stereocenters. The number of carbonyl (C=O) groups excluding carboxylic acids is 1. The van der Waals surface area contributed by atoms with Gasteiger partial charge in [0.15, 0.2) is 0 Å². The van der Waals surface area contributed by atoms with Crippen LogP contribution in [0, 0.1) is 5.92 Å². The maximum absolute atomic E-state index is 10.9. The Morgan fingerprint density at radius 3 is 2.89 bits per heavy atom. The fraction of sp³-hybridized carbons (Fsp3) is 0.643. The smallest absolute Gasteiger partial charge is 0.249 e. The van der Waals surface area contributed by atoms with Gasteiger partial charge in [0.2, 0.25) is 5.91 Å². The van der Waals surface area contributed by atoms with Gasteiger partial charge in [-0.1, -0.05) is 25.7 Å². The molecule has 1 heterocycles. The van der Waals surface area contributed by atoms with Crippen molar-refractivity contribution >= 4 is 17.2 Å². The van der Waals surface area contributed by atoms with Gasteiger partial charge in [0.25, 0.3) is 0 Å². The fourth-order valence-electron chi connectivity index (χ4n) is 2.63. The summed E-state index contributed by atoms with van der Waals surface area (Å²) >= 11 is 1.60. The third kappa shape index (κ3) is 4.10. The summed E-state index contributed by atoms with van der Waals surface area (Å²) in [6.45, 7) is 1.92. The van der Waals surface area contributed by atoms with Gasteiger partial charge in [0, 0.05) is 16.8 Å². The number of hydrogen-bond acceptors (Lipinski definition) is 3. The lowest BCUT2D eigenvalue weighted by Crippen LogP contribution is -2.15. The normalized spacial score (nSPS) is 16.2. The van der Waals surface area contributed by atoms with E-state index in [1.54, 1.807) is 11.3 Å². The lowest BCUT2D eigenvalue weighted by atomic mass is 10.0. The SMILES string of the molecule is NC(=O)c1csc(CNCCCC2CCCC2)c1. The van der Waals surface area contributed by atoms with Crippen LogP contribution >= 0.6 is 11.3 Å². The summed E-state index contributed by atoms with van der Waals surface area (Å²) in [5, 5.41) is 5.27. The summed E-state index contributed by atoms with van der Waals surface area (Å²) in [5.74, 6) is 0.647. The largest absolute Gasteiger partial charge is 0.366 e. The first-order chi connectivity index (χ1) is 8.75. The number of thiophene rings is 1. The molecule has 4 heteroatoms. The zero-order valence-electron chi connectivity index (χ0n) is 10.8. The summed E-state index contributed by atoms with van der Waals surface area (Å²) in [6, 6.07) is 1.89. The molecule has 1 aromatic heterocycles. The second-order valence-electron chi connectivity index (χ2n) is 5.14. The monoisotopic (exact) mass is 266 g/mol. The van der Waals surface area contributed by atoms with Crippen LogP contribution in [0.1, 0.15) is 53.8 Å². The Hall–Kier alpha value is -0.870. The molecule has 1 aromatic rings. The van der Waals surface area contributed by atoms with Gasteiger partial charge in [-0.3, -0.25) is 4.79 Å². The highest BCUT2D eigenvalue weighted by Crippen LogP contribution is 2.28. The molecule has 0 unspecified atom stereocenters. The summed E-state index contributed by atoms with van der Waals surface area (Å²) < 4.78 is 0. The first kappa shape index (κ1) is 13.6. The summed E-state index contributed by atoms with van der Waals surface area (Å²) in [5.41, 5.74) is 5.85. The molecule has 2 rings (SSSR count). The van der Waals surface area contributed by atoms with Crippen LogP contribution in [0.2, 0.25) is 0 Å². The second kappa shape index (κ2) is 6.90. The molecule has 1 fully saturated rings. The van der Waals surface area contributed by atoms with Crippen LogP contribution in [0.15, 0.2) is 11.4 Å². The standard InChI is InChI=1S/C14H22N2OS/c15-14(17)12-8-13(18-10-12)9-16-7-3-6-11-4-1-2-5-11/h8,10-11,16H,1-7,9H2,(H2,15,17). The minimum Gasteiger partial charge on any atom is -0.366 e. The Bertz CT molecular complexity index is 383. The highest BCUT2D eigenvalue weighted by atomic mass is 32.1. The van der Waals surface area contributed by atoms with Crippen LogP contribution in [0.3, 0.4) is 0 Å². The molecule has 3 N–H and O–H groups in total. The van der Waals surface area contributed by atoms with Crippen molar-refractivity contribution in [1.82, 2.24) is 5.32 Å². The summed E-state index contributed by atoms with van der Waals surface area (Å²) in [7, 11) is 0. The number of amides is 1. The summed E-state index contributed by atoms with van der Waals surface area (Å²) in [4.78, 5) is 12.1. The van der Waals surface area contributed by atoms with Crippen molar-refractivity contribution in [1.29, 1.82) is 0 Å². The predicted octanol–water partition coefficient (Wildman–Crippen LogP) is 2.91. The van der Waals surface area contributed by atoms with E-state index in [2.05, 4.69) is 5.32 Å². The molecule has 1 aliphatic carbocycles. The van der Waals surface area contributed by atoms with Crippen molar-refractivity contribution in [3.8, 4) is 0 Å². The molecule has 100 valence electrons. The van der Waals surface area contributed by atoms with Crippen molar-refractivity contribution in [2.45, 2.75) is 45.1 Å². The van der Waals surface area contributed by atoms with Crippen molar-refractivity contribution in [2.24, 2.45) is 11.7 Å². The van der Waals surface area contributed by atoms with Gasteiger partial charge in [-0.05, 0) is 31.4 Å². The molecule has 0 bridgehead atoms. The van der Waals surface area contributed by atoms with Gasteiger partial charge in [0.1, 0.15) is 0 Å². The molecule has 0 saturated heterocycles. The number of rotatable bonds is 7. The van der Waals surface area contributed by atoms with Crippen LogP contribution in [0.4, 0.5) is 0 Å². The van der Waals surface area contributed by atoms with E-state index in [4.69, 9.17) is 5.73 Å². The Kier molecular flexibility index (Phi) is 5.20.